The van der Waals surface area contributed by atoms with Gasteiger partial charge in [-0.25, -0.2) is 0 Å². The standard InChI is InChI=1S/C11H13ClN2O2/c1-6-5-8(12)11-10(13-6)9(16)3-4-14(11)7(2)15/h5,9,16H,3-4H2,1-2H3. The first-order chi connectivity index (χ1) is 7.50. The molecule has 1 aliphatic heterocycles. The highest BCUT2D eigenvalue weighted by atomic mass is 35.5. The molecular formula is C11H13ClN2O2. The van der Waals surface area contributed by atoms with Crippen LogP contribution in [-0.4, -0.2) is 22.5 Å². The van der Waals surface area contributed by atoms with Gasteiger partial charge in [-0.05, 0) is 19.4 Å². The first-order valence-electron chi connectivity index (χ1n) is 5.14. The Hall–Kier alpha value is -1.13. The van der Waals surface area contributed by atoms with Crippen molar-refractivity contribution in [1.82, 2.24) is 4.98 Å². The second-order valence-electron chi connectivity index (χ2n) is 3.95. The van der Waals surface area contributed by atoms with Crippen LogP contribution in [0, 0.1) is 6.92 Å². The van der Waals surface area contributed by atoms with Gasteiger partial charge in [-0.3, -0.25) is 9.78 Å². The van der Waals surface area contributed by atoms with Gasteiger partial charge < -0.3 is 10.0 Å². The van der Waals surface area contributed by atoms with Crippen molar-refractivity contribution in [3.63, 3.8) is 0 Å². The summed E-state index contributed by atoms with van der Waals surface area (Å²) in [7, 11) is 0. The Morgan fingerprint density at radius 2 is 2.38 bits per heavy atom. The van der Waals surface area contributed by atoms with Gasteiger partial charge in [0.25, 0.3) is 0 Å². The Labute approximate surface area is 98.9 Å². The van der Waals surface area contributed by atoms with Crippen LogP contribution in [0.4, 0.5) is 5.69 Å². The summed E-state index contributed by atoms with van der Waals surface area (Å²) < 4.78 is 0. The quantitative estimate of drug-likeness (QED) is 0.753. The summed E-state index contributed by atoms with van der Waals surface area (Å²) in [6.07, 6.45) is -0.137. The van der Waals surface area contributed by atoms with Gasteiger partial charge >= 0.3 is 0 Å². The number of carbonyl (C=O) groups is 1. The van der Waals surface area contributed by atoms with Gasteiger partial charge in [-0.2, -0.15) is 0 Å². The number of halogens is 1. The average Bonchev–Trinajstić information content (AvgIpc) is 2.19. The van der Waals surface area contributed by atoms with Crippen LogP contribution in [-0.2, 0) is 4.79 Å². The molecular weight excluding hydrogens is 228 g/mol. The smallest absolute Gasteiger partial charge is 0.223 e. The van der Waals surface area contributed by atoms with Crippen LogP contribution >= 0.6 is 11.6 Å². The Morgan fingerprint density at radius 3 is 3.00 bits per heavy atom. The molecule has 1 atom stereocenters. The highest BCUT2D eigenvalue weighted by molar-refractivity contribution is 6.34. The number of hydrogen-bond acceptors (Lipinski definition) is 3. The largest absolute Gasteiger partial charge is 0.387 e. The number of aliphatic hydroxyl groups excluding tert-OH is 1. The molecule has 1 amide bonds. The van der Waals surface area contributed by atoms with Crippen LogP contribution in [0.25, 0.3) is 0 Å². The number of aromatic nitrogens is 1. The summed E-state index contributed by atoms with van der Waals surface area (Å²) in [5.74, 6) is -0.0827. The van der Waals surface area contributed by atoms with Crippen molar-refractivity contribution in [2.24, 2.45) is 0 Å². The van der Waals surface area contributed by atoms with Crippen LogP contribution in [0.3, 0.4) is 0 Å². The zero-order valence-corrected chi connectivity index (χ0v) is 9.95. The summed E-state index contributed by atoms with van der Waals surface area (Å²) in [6.45, 7) is 3.78. The normalized spacial score (nSPS) is 19.5. The van der Waals surface area contributed by atoms with Gasteiger partial charge in [0.05, 0.1) is 22.5 Å². The van der Waals surface area contributed by atoms with E-state index in [0.717, 1.165) is 5.69 Å². The molecule has 1 unspecified atom stereocenters. The molecule has 1 N–H and O–H groups in total. The number of rotatable bonds is 0. The minimum Gasteiger partial charge on any atom is -0.387 e. The van der Waals surface area contributed by atoms with Crippen LogP contribution < -0.4 is 4.90 Å². The molecule has 1 aromatic heterocycles. The van der Waals surface area contributed by atoms with Crippen LogP contribution in [0.1, 0.15) is 30.8 Å². The SMILES string of the molecule is CC(=O)N1CCC(O)c2nc(C)cc(Cl)c21. The lowest BCUT2D eigenvalue weighted by Crippen LogP contribution is -2.35. The number of pyridine rings is 1. The lowest BCUT2D eigenvalue weighted by atomic mass is 10.0. The minimum absolute atomic E-state index is 0.0827. The highest BCUT2D eigenvalue weighted by Crippen LogP contribution is 2.38. The maximum atomic E-state index is 11.5. The van der Waals surface area contributed by atoms with E-state index >= 15 is 0 Å². The van der Waals surface area contributed by atoms with Crippen molar-refractivity contribution in [2.45, 2.75) is 26.4 Å². The average molecular weight is 241 g/mol. The molecule has 1 aromatic rings. The molecule has 2 rings (SSSR count). The Balaban J connectivity index is 2.61. The summed E-state index contributed by atoms with van der Waals surface area (Å²) in [4.78, 5) is 17.3. The predicted molar refractivity (Wildman–Crippen MR) is 61.6 cm³/mol. The zero-order chi connectivity index (χ0) is 11.9. The summed E-state index contributed by atoms with van der Waals surface area (Å²) in [5.41, 5.74) is 1.80. The molecule has 0 radical (unpaired) electrons. The topological polar surface area (TPSA) is 53.4 Å². The van der Waals surface area contributed by atoms with E-state index < -0.39 is 6.10 Å². The third kappa shape index (κ3) is 1.79. The number of hydrogen-bond donors (Lipinski definition) is 1. The van der Waals surface area contributed by atoms with Crippen LogP contribution in [0.15, 0.2) is 6.07 Å². The Bertz CT molecular complexity index is 448. The van der Waals surface area contributed by atoms with Gasteiger partial charge in [0, 0.05) is 19.2 Å². The molecule has 0 bridgehead atoms. The van der Waals surface area contributed by atoms with Crippen molar-refractivity contribution < 1.29 is 9.90 Å². The number of anilines is 1. The fourth-order valence-electron chi connectivity index (χ4n) is 1.96. The van der Waals surface area contributed by atoms with Crippen molar-refractivity contribution in [2.75, 3.05) is 11.4 Å². The van der Waals surface area contributed by atoms with Crippen LogP contribution in [0.2, 0.25) is 5.02 Å². The molecule has 0 aliphatic carbocycles. The third-order valence-corrected chi connectivity index (χ3v) is 2.98. The Morgan fingerprint density at radius 1 is 1.69 bits per heavy atom. The molecule has 16 heavy (non-hydrogen) atoms. The third-order valence-electron chi connectivity index (χ3n) is 2.69. The zero-order valence-electron chi connectivity index (χ0n) is 9.20. The molecule has 0 saturated heterocycles. The van der Waals surface area contributed by atoms with Gasteiger partial charge in [0.15, 0.2) is 0 Å². The molecule has 86 valence electrons. The minimum atomic E-state index is -0.636. The molecule has 0 fully saturated rings. The number of fused-ring (bicyclic) bond motifs is 1. The number of aryl methyl sites for hydroxylation is 1. The van der Waals surface area contributed by atoms with Crippen molar-refractivity contribution in [1.29, 1.82) is 0 Å². The van der Waals surface area contributed by atoms with Gasteiger partial charge in [0.2, 0.25) is 5.91 Å². The molecule has 0 saturated carbocycles. The molecule has 4 nitrogen and oxygen atoms in total. The molecule has 5 heteroatoms. The van der Waals surface area contributed by atoms with Gasteiger partial charge in [-0.15, -0.1) is 0 Å². The lowest BCUT2D eigenvalue weighted by molar-refractivity contribution is -0.116. The summed E-state index contributed by atoms with van der Waals surface area (Å²) in [6, 6.07) is 1.70. The van der Waals surface area contributed by atoms with E-state index in [1.54, 1.807) is 11.0 Å². The van der Waals surface area contributed by atoms with E-state index in [1.807, 2.05) is 6.92 Å². The van der Waals surface area contributed by atoms with Gasteiger partial charge in [-0.1, -0.05) is 11.6 Å². The second kappa shape index (κ2) is 4.03. The van der Waals surface area contributed by atoms with E-state index in [2.05, 4.69) is 4.98 Å². The number of nitrogens with zero attached hydrogens (tertiary/aromatic N) is 2. The number of aliphatic hydroxyl groups is 1. The highest BCUT2D eigenvalue weighted by Gasteiger charge is 2.29. The van der Waals surface area contributed by atoms with Crippen molar-refractivity contribution in [3.05, 3.63) is 22.5 Å². The van der Waals surface area contributed by atoms with Crippen molar-refractivity contribution in [3.8, 4) is 0 Å². The first kappa shape index (κ1) is 11.4. The molecule has 1 aliphatic rings. The number of amides is 1. The number of carbonyl (C=O) groups excluding carboxylic acids is 1. The van der Waals surface area contributed by atoms with Crippen LogP contribution in [0.5, 0.6) is 0 Å². The Kier molecular flexibility index (Phi) is 2.86. The molecule has 0 aromatic carbocycles. The second-order valence-corrected chi connectivity index (χ2v) is 4.36. The van der Waals surface area contributed by atoms with E-state index in [9.17, 15) is 9.90 Å². The molecule has 2 heterocycles. The summed E-state index contributed by atoms with van der Waals surface area (Å²) in [5, 5.41) is 10.3. The monoisotopic (exact) mass is 240 g/mol. The lowest BCUT2D eigenvalue weighted by Gasteiger charge is -2.31. The summed E-state index contributed by atoms with van der Waals surface area (Å²) >= 11 is 6.11. The van der Waals surface area contributed by atoms with E-state index in [0.29, 0.717) is 29.4 Å². The first-order valence-corrected chi connectivity index (χ1v) is 5.51. The van der Waals surface area contributed by atoms with E-state index in [1.165, 1.54) is 6.92 Å². The van der Waals surface area contributed by atoms with E-state index in [4.69, 9.17) is 11.6 Å². The fraction of sp³-hybridized carbons (Fsp3) is 0.455. The van der Waals surface area contributed by atoms with E-state index in [-0.39, 0.29) is 5.91 Å². The van der Waals surface area contributed by atoms with Crippen molar-refractivity contribution >= 4 is 23.2 Å². The maximum Gasteiger partial charge on any atom is 0.223 e. The fourth-order valence-corrected chi connectivity index (χ4v) is 2.32. The maximum absolute atomic E-state index is 11.5. The molecule has 0 spiro atoms. The predicted octanol–water partition coefficient (Wildman–Crippen LogP) is 1.83. The van der Waals surface area contributed by atoms with Gasteiger partial charge in [0.1, 0.15) is 0 Å².